The van der Waals surface area contributed by atoms with Crippen LogP contribution in [0.5, 0.6) is 0 Å². The van der Waals surface area contributed by atoms with E-state index in [4.69, 9.17) is 11.6 Å². The van der Waals surface area contributed by atoms with Crippen LogP contribution < -0.4 is 5.32 Å². The largest absolute Gasteiger partial charge is 0.386 e. The van der Waals surface area contributed by atoms with E-state index < -0.39 is 16.9 Å². The fourth-order valence-corrected chi connectivity index (χ4v) is 3.00. The molecule has 0 aliphatic carbocycles. The average molecular weight is 341 g/mol. The first kappa shape index (κ1) is 16.4. The molecular formula is C14H13ClN2O4S. The number of amides is 1. The van der Waals surface area contributed by atoms with Gasteiger partial charge >= 0.3 is 0 Å². The summed E-state index contributed by atoms with van der Waals surface area (Å²) in [5.74, 6) is -0.506. The number of thiophene rings is 1. The molecule has 8 heteroatoms. The van der Waals surface area contributed by atoms with Gasteiger partial charge in [0.2, 0.25) is 0 Å². The molecule has 6 nitrogen and oxygen atoms in total. The fourth-order valence-electron chi connectivity index (χ4n) is 1.90. The maximum Gasteiger partial charge on any atom is 0.288 e. The molecule has 2 N–H and O–H groups in total. The molecule has 0 saturated carbocycles. The molecule has 0 aliphatic heterocycles. The minimum Gasteiger partial charge on any atom is -0.386 e. The number of aliphatic hydroxyl groups excluding tert-OH is 1. The van der Waals surface area contributed by atoms with Crippen molar-refractivity contribution in [1.82, 2.24) is 5.32 Å². The summed E-state index contributed by atoms with van der Waals surface area (Å²) in [6.07, 6.45) is -0.814. The Balaban J connectivity index is 2.05. The van der Waals surface area contributed by atoms with Gasteiger partial charge < -0.3 is 10.4 Å². The number of carbonyl (C=O) groups is 1. The van der Waals surface area contributed by atoms with Gasteiger partial charge in [0.05, 0.1) is 4.92 Å². The molecule has 116 valence electrons. The third-order valence-corrected chi connectivity index (χ3v) is 4.51. The molecule has 22 heavy (non-hydrogen) atoms. The summed E-state index contributed by atoms with van der Waals surface area (Å²) in [6.45, 7) is 1.90. The van der Waals surface area contributed by atoms with E-state index in [1.807, 2.05) is 18.4 Å². The Hall–Kier alpha value is -1.96. The van der Waals surface area contributed by atoms with Crippen LogP contribution in [0.25, 0.3) is 0 Å². The number of benzene rings is 1. The van der Waals surface area contributed by atoms with E-state index in [9.17, 15) is 20.0 Å². The van der Waals surface area contributed by atoms with Gasteiger partial charge in [0.15, 0.2) is 0 Å². The van der Waals surface area contributed by atoms with E-state index in [2.05, 4.69) is 5.32 Å². The van der Waals surface area contributed by atoms with Gasteiger partial charge in [-0.2, -0.15) is 0 Å². The normalized spacial score (nSPS) is 12.0. The molecule has 0 bridgehead atoms. The first-order valence-electron chi connectivity index (χ1n) is 6.34. The highest BCUT2D eigenvalue weighted by Gasteiger charge is 2.18. The van der Waals surface area contributed by atoms with E-state index >= 15 is 0 Å². The number of aryl methyl sites for hydroxylation is 1. The van der Waals surface area contributed by atoms with Crippen LogP contribution in [0.3, 0.4) is 0 Å². The zero-order chi connectivity index (χ0) is 16.3. The average Bonchev–Trinajstić information content (AvgIpc) is 2.90. The number of nitrogens with one attached hydrogen (secondary N) is 1. The molecule has 0 spiro atoms. The first-order chi connectivity index (χ1) is 10.4. The molecule has 1 atom stereocenters. The highest BCUT2D eigenvalue weighted by molar-refractivity contribution is 7.10. The third kappa shape index (κ3) is 3.62. The predicted molar refractivity (Wildman–Crippen MR) is 84.5 cm³/mol. The number of nitro benzene ring substituents is 1. The van der Waals surface area contributed by atoms with Gasteiger partial charge in [-0.25, -0.2) is 0 Å². The summed E-state index contributed by atoms with van der Waals surface area (Å²) in [4.78, 5) is 22.9. The minimum atomic E-state index is -0.814. The van der Waals surface area contributed by atoms with E-state index in [1.165, 1.54) is 23.5 Å². The van der Waals surface area contributed by atoms with Gasteiger partial charge in [0.1, 0.15) is 11.1 Å². The second-order valence-electron chi connectivity index (χ2n) is 4.62. The van der Waals surface area contributed by atoms with E-state index in [0.29, 0.717) is 0 Å². The topological polar surface area (TPSA) is 92.5 Å². The fraction of sp³-hybridized carbons (Fsp3) is 0.214. The minimum absolute atomic E-state index is 0.0244. The van der Waals surface area contributed by atoms with Crippen molar-refractivity contribution in [3.05, 3.63) is 60.8 Å². The molecule has 1 heterocycles. The van der Waals surface area contributed by atoms with Crippen molar-refractivity contribution in [2.24, 2.45) is 0 Å². The van der Waals surface area contributed by atoms with Crippen LogP contribution in [0.2, 0.25) is 5.02 Å². The molecule has 0 saturated heterocycles. The van der Waals surface area contributed by atoms with Crippen molar-refractivity contribution in [3.63, 3.8) is 0 Å². The maximum atomic E-state index is 12.0. The zero-order valence-corrected chi connectivity index (χ0v) is 13.1. The number of hydrogen-bond acceptors (Lipinski definition) is 5. The summed E-state index contributed by atoms with van der Waals surface area (Å²) >= 11 is 7.10. The Morgan fingerprint density at radius 1 is 1.50 bits per heavy atom. The van der Waals surface area contributed by atoms with Crippen LogP contribution in [0.1, 0.15) is 26.9 Å². The van der Waals surface area contributed by atoms with Crippen molar-refractivity contribution >= 4 is 34.5 Å². The second-order valence-corrected chi connectivity index (χ2v) is 5.97. The van der Waals surface area contributed by atoms with Crippen molar-refractivity contribution < 1.29 is 14.8 Å². The highest BCUT2D eigenvalue weighted by Crippen LogP contribution is 2.25. The van der Waals surface area contributed by atoms with Gasteiger partial charge in [-0.3, -0.25) is 14.9 Å². The Bertz CT molecular complexity index is 717. The lowest BCUT2D eigenvalue weighted by Gasteiger charge is -2.11. The number of carbonyl (C=O) groups excluding carboxylic acids is 1. The zero-order valence-electron chi connectivity index (χ0n) is 11.6. The Kier molecular flexibility index (Phi) is 5.12. The van der Waals surface area contributed by atoms with Crippen molar-refractivity contribution in [3.8, 4) is 0 Å². The van der Waals surface area contributed by atoms with Crippen LogP contribution >= 0.6 is 22.9 Å². The van der Waals surface area contributed by atoms with E-state index in [1.54, 1.807) is 0 Å². The Morgan fingerprint density at radius 2 is 2.23 bits per heavy atom. The van der Waals surface area contributed by atoms with Crippen LogP contribution in [-0.2, 0) is 0 Å². The van der Waals surface area contributed by atoms with Gasteiger partial charge in [-0.15, -0.1) is 11.3 Å². The standard InChI is InChI=1S/C14H13ClN2O4S/c1-8-4-5-22-13(8)12(18)7-16-14(19)9-2-3-10(15)11(6-9)17(20)21/h2-6,12,18H,7H2,1H3,(H,16,19). The molecule has 0 fully saturated rings. The number of hydrogen-bond donors (Lipinski definition) is 2. The molecule has 1 amide bonds. The number of nitrogens with zero attached hydrogens (tertiary/aromatic N) is 1. The number of halogens is 1. The third-order valence-electron chi connectivity index (χ3n) is 3.07. The smallest absolute Gasteiger partial charge is 0.288 e. The maximum absolute atomic E-state index is 12.0. The van der Waals surface area contributed by atoms with Gasteiger partial charge in [-0.1, -0.05) is 11.6 Å². The van der Waals surface area contributed by atoms with Crippen LogP contribution in [0.15, 0.2) is 29.6 Å². The first-order valence-corrected chi connectivity index (χ1v) is 7.60. The van der Waals surface area contributed by atoms with Crippen molar-refractivity contribution in [2.75, 3.05) is 6.54 Å². The lowest BCUT2D eigenvalue weighted by molar-refractivity contribution is -0.384. The predicted octanol–water partition coefficient (Wildman–Crippen LogP) is 3.08. The van der Waals surface area contributed by atoms with Gasteiger partial charge in [0, 0.05) is 23.1 Å². The van der Waals surface area contributed by atoms with Crippen molar-refractivity contribution in [1.29, 1.82) is 0 Å². The van der Waals surface area contributed by atoms with Crippen LogP contribution in [0, 0.1) is 17.0 Å². The Labute approximate surface area is 135 Å². The summed E-state index contributed by atoms with van der Waals surface area (Å²) in [5, 5.41) is 25.2. The van der Waals surface area contributed by atoms with Gasteiger partial charge in [-0.05, 0) is 36.1 Å². The van der Waals surface area contributed by atoms with Crippen molar-refractivity contribution in [2.45, 2.75) is 13.0 Å². The van der Waals surface area contributed by atoms with E-state index in [-0.39, 0.29) is 22.8 Å². The highest BCUT2D eigenvalue weighted by atomic mass is 35.5. The quantitative estimate of drug-likeness (QED) is 0.646. The van der Waals surface area contributed by atoms with Gasteiger partial charge in [0.25, 0.3) is 11.6 Å². The summed E-state index contributed by atoms with van der Waals surface area (Å²) in [5.41, 5.74) is 0.740. The second kappa shape index (κ2) is 6.87. The Morgan fingerprint density at radius 3 is 2.82 bits per heavy atom. The molecule has 2 aromatic rings. The molecule has 1 aromatic heterocycles. The lowest BCUT2D eigenvalue weighted by Crippen LogP contribution is -2.28. The molecule has 0 radical (unpaired) electrons. The van der Waals surface area contributed by atoms with Crippen LogP contribution in [-0.4, -0.2) is 22.5 Å². The number of nitro groups is 1. The number of rotatable bonds is 5. The van der Waals surface area contributed by atoms with Crippen LogP contribution in [0.4, 0.5) is 5.69 Å². The van der Waals surface area contributed by atoms with E-state index in [0.717, 1.165) is 16.5 Å². The molecule has 1 unspecified atom stereocenters. The summed E-state index contributed by atoms with van der Waals surface area (Å²) in [6, 6.07) is 5.69. The molecular weight excluding hydrogens is 328 g/mol. The lowest BCUT2D eigenvalue weighted by atomic mass is 10.1. The number of aliphatic hydroxyl groups is 1. The monoisotopic (exact) mass is 340 g/mol. The molecule has 0 aliphatic rings. The SMILES string of the molecule is Cc1ccsc1C(O)CNC(=O)c1ccc(Cl)c([N+](=O)[O-])c1. The molecule has 1 aromatic carbocycles. The summed E-state index contributed by atoms with van der Waals surface area (Å²) < 4.78 is 0. The summed E-state index contributed by atoms with van der Waals surface area (Å²) in [7, 11) is 0. The molecule has 2 rings (SSSR count).